The van der Waals surface area contributed by atoms with Crippen LogP contribution < -0.4 is 0 Å². The average Bonchev–Trinajstić information content (AvgIpc) is 2.82. The van der Waals surface area contributed by atoms with Gasteiger partial charge in [0.1, 0.15) is 0 Å². The van der Waals surface area contributed by atoms with E-state index in [0.29, 0.717) is 16.8 Å². The summed E-state index contributed by atoms with van der Waals surface area (Å²) in [6.45, 7) is 2.06. The molecule has 1 aliphatic rings. The molecule has 0 bridgehead atoms. The number of nitrogens with zero attached hydrogens (tertiary/aromatic N) is 2. The Morgan fingerprint density at radius 2 is 1.52 bits per heavy atom. The SMILES string of the molecule is Cc1nc2ccccc2c2c1C(=O)N(Cc1ccccc1)C2=O. The molecule has 0 fully saturated rings. The topological polar surface area (TPSA) is 50.3 Å². The highest BCUT2D eigenvalue weighted by atomic mass is 16.2. The fourth-order valence-electron chi connectivity index (χ4n) is 3.09. The Morgan fingerprint density at radius 3 is 2.30 bits per heavy atom. The maximum absolute atomic E-state index is 12.9. The van der Waals surface area contributed by atoms with E-state index in [9.17, 15) is 9.59 Å². The molecule has 1 aliphatic heterocycles. The molecule has 0 spiro atoms. The zero-order valence-corrected chi connectivity index (χ0v) is 12.6. The Bertz CT molecular complexity index is 948. The number of benzene rings is 2. The minimum Gasteiger partial charge on any atom is -0.270 e. The normalized spacial score (nSPS) is 13.7. The summed E-state index contributed by atoms with van der Waals surface area (Å²) in [7, 11) is 0. The Hall–Kier alpha value is -3.01. The minimum atomic E-state index is -0.260. The van der Waals surface area contributed by atoms with Crippen LogP contribution in [0.2, 0.25) is 0 Å². The zero-order valence-electron chi connectivity index (χ0n) is 12.6. The second kappa shape index (κ2) is 5.02. The number of amides is 2. The van der Waals surface area contributed by atoms with Crippen molar-refractivity contribution in [1.82, 2.24) is 9.88 Å². The van der Waals surface area contributed by atoms with Crippen molar-refractivity contribution in [3.63, 3.8) is 0 Å². The Labute approximate surface area is 133 Å². The third-order valence-electron chi connectivity index (χ3n) is 4.17. The van der Waals surface area contributed by atoms with Crippen LogP contribution in [0.5, 0.6) is 0 Å². The molecule has 2 amide bonds. The third kappa shape index (κ3) is 2.03. The lowest BCUT2D eigenvalue weighted by molar-refractivity contribution is 0.0642. The van der Waals surface area contributed by atoms with Crippen molar-refractivity contribution in [2.45, 2.75) is 13.5 Å². The first kappa shape index (κ1) is 13.6. The molecular formula is C19H14N2O2. The summed E-state index contributed by atoms with van der Waals surface area (Å²) in [5.41, 5.74) is 3.19. The smallest absolute Gasteiger partial charge is 0.263 e. The van der Waals surface area contributed by atoms with E-state index in [1.165, 1.54) is 4.90 Å². The van der Waals surface area contributed by atoms with Gasteiger partial charge in [0.25, 0.3) is 11.8 Å². The second-order valence-corrected chi connectivity index (χ2v) is 5.65. The van der Waals surface area contributed by atoms with Crippen LogP contribution >= 0.6 is 0 Å². The van der Waals surface area contributed by atoms with Crippen molar-refractivity contribution in [3.8, 4) is 0 Å². The molecular weight excluding hydrogens is 288 g/mol. The van der Waals surface area contributed by atoms with Crippen molar-refractivity contribution in [1.29, 1.82) is 0 Å². The summed E-state index contributed by atoms with van der Waals surface area (Å²) in [4.78, 5) is 31.4. The zero-order chi connectivity index (χ0) is 16.0. The molecule has 0 saturated carbocycles. The number of rotatable bonds is 2. The number of hydrogen-bond donors (Lipinski definition) is 0. The van der Waals surface area contributed by atoms with E-state index in [4.69, 9.17) is 0 Å². The van der Waals surface area contributed by atoms with Gasteiger partial charge in [-0.15, -0.1) is 0 Å². The van der Waals surface area contributed by atoms with Crippen LogP contribution in [0.1, 0.15) is 32.0 Å². The molecule has 4 nitrogen and oxygen atoms in total. The van der Waals surface area contributed by atoms with Gasteiger partial charge in [0, 0.05) is 5.39 Å². The van der Waals surface area contributed by atoms with Crippen molar-refractivity contribution >= 4 is 22.7 Å². The summed E-state index contributed by atoms with van der Waals surface area (Å²) in [6.07, 6.45) is 0. The van der Waals surface area contributed by atoms with Crippen LogP contribution in [0.15, 0.2) is 54.6 Å². The van der Waals surface area contributed by atoms with Crippen LogP contribution in [0.4, 0.5) is 0 Å². The molecule has 4 heteroatoms. The quantitative estimate of drug-likeness (QED) is 0.682. The predicted molar refractivity (Wildman–Crippen MR) is 87.1 cm³/mol. The number of aromatic nitrogens is 1. The van der Waals surface area contributed by atoms with Crippen LogP contribution in [-0.2, 0) is 6.54 Å². The average molecular weight is 302 g/mol. The molecule has 0 aliphatic carbocycles. The fourth-order valence-corrected chi connectivity index (χ4v) is 3.09. The number of aryl methyl sites for hydroxylation is 1. The summed E-state index contributed by atoms with van der Waals surface area (Å²) in [6, 6.07) is 17.0. The third-order valence-corrected chi connectivity index (χ3v) is 4.17. The van der Waals surface area contributed by atoms with Crippen LogP contribution in [0.25, 0.3) is 10.9 Å². The first-order valence-corrected chi connectivity index (χ1v) is 7.46. The van der Waals surface area contributed by atoms with Gasteiger partial charge in [-0.25, -0.2) is 0 Å². The van der Waals surface area contributed by atoms with E-state index in [1.807, 2.05) is 54.6 Å². The maximum atomic E-state index is 12.9. The van der Waals surface area contributed by atoms with E-state index >= 15 is 0 Å². The Morgan fingerprint density at radius 1 is 0.870 bits per heavy atom. The molecule has 3 aromatic rings. The molecule has 2 aromatic carbocycles. The summed E-state index contributed by atoms with van der Waals surface area (Å²) >= 11 is 0. The summed E-state index contributed by atoms with van der Waals surface area (Å²) in [5.74, 6) is -0.500. The predicted octanol–water partition coefficient (Wildman–Crippen LogP) is 3.34. The molecule has 0 saturated heterocycles. The van der Waals surface area contributed by atoms with Gasteiger partial charge >= 0.3 is 0 Å². The largest absolute Gasteiger partial charge is 0.270 e. The molecule has 2 heterocycles. The fraction of sp³-hybridized carbons (Fsp3) is 0.105. The van der Waals surface area contributed by atoms with E-state index < -0.39 is 0 Å². The van der Waals surface area contributed by atoms with Gasteiger partial charge in [0.15, 0.2) is 0 Å². The second-order valence-electron chi connectivity index (χ2n) is 5.65. The number of fused-ring (bicyclic) bond motifs is 3. The molecule has 0 N–H and O–H groups in total. The lowest BCUT2D eigenvalue weighted by Gasteiger charge is -2.13. The highest BCUT2D eigenvalue weighted by molar-refractivity contribution is 6.26. The van der Waals surface area contributed by atoms with E-state index in [2.05, 4.69) is 4.98 Å². The highest BCUT2D eigenvalue weighted by Gasteiger charge is 2.38. The van der Waals surface area contributed by atoms with Gasteiger partial charge in [-0.3, -0.25) is 19.5 Å². The van der Waals surface area contributed by atoms with Gasteiger partial charge in [0.05, 0.1) is 28.9 Å². The van der Waals surface area contributed by atoms with Gasteiger partial charge in [-0.05, 0) is 18.6 Å². The molecule has 112 valence electrons. The van der Waals surface area contributed by atoms with Crippen LogP contribution in [-0.4, -0.2) is 21.7 Å². The first-order valence-electron chi connectivity index (χ1n) is 7.46. The van der Waals surface area contributed by atoms with E-state index in [0.717, 1.165) is 16.5 Å². The molecule has 4 rings (SSSR count). The number of carbonyl (C=O) groups is 2. The number of para-hydroxylation sites is 1. The standard InChI is InChI=1S/C19H14N2O2/c1-12-16-17(14-9-5-6-10-15(14)20-12)19(23)21(18(16)22)11-13-7-3-2-4-8-13/h2-10H,11H2,1H3. The Balaban J connectivity index is 1.86. The highest BCUT2D eigenvalue weighted by Crippen LogP contribution is 2.32. The number of pyridine rings is 1. The minimum absolute atomic E-state index is 0.240. The van der Waals surface area contributed by atoms with Crippen molar-refractivity contribution in [2.75, 3.05) is 0 Å². The van der Waals surface area contributed by atoms with Crippen LogP contribution in [0.3, 0.4) is 0 Å². The summed E-state index contributed by atoms with van der Waals surface area (Å²) in [5, 5.41) is 0.738. The van der Waals surface area contributed by atoms with Gasteiger partial charge in [0.2, 0.25) is 0 Å². The van der Waals surface area contributed by atoms with Crippen molar-refractivity contribution in [3.05, 3.63) is 77.0 Å². The number of carbonyl (C=O) groups excluding carboxylic acids is 2. The monoisotopic (exact) mass is 302 g/mol. The van der Waals surface area contributed by atoms with Crippen LogP contribution in [0, 0.1) is 6.92 Å². The number of imide groups is 1. The molecule has 23 heavy (non-hydrogen) atoms. The van der Waals surface area contributed by atoms with Gasteiger partial charge in [-0.1, -0.05) is 48.5 Å². The van der Waals surface area contributed by atoms with E-state index in [-0.39, 0.29) is 18.4 Å². The first-order chi connectivity index (χ1) is 11.2. The molecule has 0 radical (unpaired) electrons. The lowest BCUT2D eigenvalue weighted by atomic mass is 10.0. The maximum Gasteiger partial charge on any atom is 0.263 e. The van der Waals surface area contributed by atoms with Gasteiger partial charge < -0.3 is 0 Å². The Kier molecular flexibility index (Phi) is 2.98. The van der Waals surface area contributed by atoms with Crippen molar-refractivity contribution < 1.29 is 9.59 Å². The molecule has 0 atom stereocenters. The van der Waals surface area contributed by atoms with Gasteiger partial charge in [-0.2, -0.15) is 0 Å². The number of hydrogen-bond acceptors (Lipinski definition) is 3. The summed E-state index contributed by atoms with van der Waals surface area (Å²) < 4.78 is 0. The molecule has 1 aromatic heterocycles. The molecule has 0 unspecified atom stereocenters. The lowest BCUT2D eigenvalue weighted by Crippen LogP contribution is -2.29. The van der Waals surface area contributed by atoms with E-state index in [1.54, 1.807) is 6.92 Å². The van der Waals surface area contributed by atoms with Crippen molar-refractivity contribution in [2.24, 2.45) is 0 Å².